The first-order valence-corrected chi connectivity index (χ1v) is 6.31. The van der Waals surface area contributed by atoms with Crippen LogP contribution >= 0.6 is 0 Å². The van der Waals surface area contributed by atoms with Crippen molar-refractivity contribution in [3.05, 3.63) is 46.3 Å². The topological polar surface area (TPSA) is 76.7 Å². The van der Waals surface area contributed by atoms with Crippen molar-refractivity contribution in [2.24, 2.45) is 0 Å². The average Bonchev–Trinajstić information content (AvgIpc) is 2.46. The summed E-state index contributed by atoms with van der Waals surface area (Å²) in [5.41, 5.74) is -0.508. The van der Waals surface area contributed by atoms with E-state index in [1.54, 1.807) is 24.3 Å². The van der Waals surface area contributed by atoms with Gasteiger partial charge in [0, 0.05) is 10.8 Å². The highest BCUT2D eigenvalue weighted by molar-refractivity contribution is 6.15. The molecular weight excluding hydrogens is 272 g/mol. The molecule has 0 radical (unpaired) electrons. The lowest BCUT2D eigenvalue weighted by Crippen LogP contribution is -2.04. The minimum Gasteiger partial charge on any atom is -0.507 e. The molecule has 5 nitrogen and oxygen atoms in total. The lowest BCUT2D eigenvalue weighted by atomic mass is 10.0. The summed E-state index contributed by atoms with van der Waals surface area (Å²) < 4.78 is 10.5. The van der Waals surface area contributed by atoms with Crippen molar-refractivity contribution in [1.82, 2.24) is 0 Å². The van der Waals surface area contributed by atoms with Crippen molar-refractivity contribution in [1.29, 1.82) is 0 Å². The molecule has 0 amide bonds. The second-order valence-corrected chi connectivity index (χ2v) is 4.66. The normalized spacial score (nSPS) is 11.0. The molecule has 0 spiro atoms. The van der Waals surface area contributed by atoms with Gasteiger partial charge in [-0.3, -0.25) is 4.79 Å². The molecular formula is C16H12O5. The van der Waals surface area contributed by atoms with E-state index in [0.29, 0.717) is 21.9 Å². The van der Waals surface area contributed by atoms with Crippen LogP contribution in [0.2, 0.25) is 0 Å². The van der Waals surface area contributed by atoms with Gasteiger partial charge in [-0.05, 0) is 31.2 Å². The number of hydrogen-bond acceptors (Lipinski definition) is 5. The molecule has 0 aliphatic heterocycles. The number of hydrogen-bond donors (Lipinski definition) is 1. The SMILES string of the molecule is COc1cccc2c(=O)oc3c(C(C)=O)c(O)ccc3c12. The summed E-state index contributed by atoms with van der Waals surface area (Å²) in [6.45, 7) is 1.31. The van der Waals surface area contributed by atoms with Gasteiger partial charge in [-0.2, -0.15) is 0 Å². The van der Waals surface area contributed by atoms with Crippen molar-refractivity contribution in [2.45, 2.75) is 6.92 Å². The van der Waals surface area contributed by atoms with E-state index in [1.165, 1.54) is 20.1 Å². The molecule has 0 saturated carbocycles. The molecule has 3 aromatic rings. The first kappa shape index (κ1) is 13.2. The largest absolute Gasteiger partial charge is 0.507 e. The fourth-order valence-electron chi connectivity index (χ4n) is 2.51. The van der Waals surface area contributed by atoms with Gasteiger partial charge < -0.3 is 14.3 Å². The molecule has 1 heterocycles. The number of methoxy groups -OCH3 is 1. The number of carbonyl (C=O) groups excluding carboxylic acids is 1. The molecule has 0 fully saturated rings. The standard InChI is InChI=1S/C16H12O5/c1-8(17)13-11(18)7-6-9-14-10(16(19)21-15(9)13)4-3-5-12(14)20-2/h3-7,18H,1-2H3. The first-order valence-electron chi connectivity index (χ1n) is 6.31. The van der Waals surface area contributed by atoms with E-state index in [9.17, 15) is 14.7 Å². The van der Waals surface area contributed by atoms with Crippen LogP contribution in [0.1, 0.15) is 17.3 Å². The molecule has 0 aliphatic rings. The Hall–Kier alpha value is -2.82. The van der Waals surface area contributed by atoms with Gasteiger partial charge in [0.1, 0.15) is 17.1 Å². The van der Waals surface area contributed by atoms with Crippen LogP contribution in [0.4, 0.5) is 0 Å². The molecule has 21 heavy (non-hydrogen) atoms. The van der Waals surface area contributed by atoms with Gasteiger partial charge in [0.05, 0.1) is 12.5 Å². The van der Waals surface area contributed by atoms with Crippen molar-refractivity contribution in [3.8, 4) is 11.5 Å². The lowest BCUT2D eigenvalue weighted by Gasteiger charge is -2.10. The summed E-state index contributed by atoms with van der Waals surface area (Å²) in [6.07, 6.45) is 0. The zero-order valence-electron chi connectivity index (χ0n) is 11.5. The number of ether oxygens (including phenoxy) is 1. The second-order valence-electron chi connectivity index (χ2n) is 4.66. The average molecular weight is 284 g/mol. The lowest BCUT2D eigenvalue weighted by molar-refractivity contribution is 0.101. The fraction of sp³-hybridized carbons (Fsp3) is 0.125. The summed E-state index contributed by atoms with van der Waals surface area (Å²) in [4.78, 5) is 23.9. The molecule has 2 aromatic carbocycles. The van der Waals surface area contributed by atoms with Crippen LogP contribution in [0.5, 0.6) is 11.5 Å². The zero-order valence-corrected chi connectivity index (χ0v) is 11.5. The third kappa shape index (κ3) is 1.86. The van der Waals surface area contributed by atoms with E-state index in [-0.39, 0.29) is 22.7 Å². The highest BCUT2D eigenvalue weighted by Crippen LogP contribution is 2.35. The Labute approximate surface area is 119 Å². The number of phenols is 1. The summed E-state index contributed by atoms with van der Waals surface area (Å²) >= 11 is 0. The van der Waals surface area contributed by atoms with E-state index in [4.69, 9.17) is 9.15 Å². The van der Waals surface area contributed by atoms with Crippen molar-refractivity contribution < 1.29 is 19.1 Å². The van der Waals surface area contributed by atoms with Crippen molar-refractivity contribution >= 4 is 27.5 Å². The molecule has 0 saturated heterocycles. The third-order valence-corrected chi connectivity index (χ3v) is 3.42. The number of Topliss-reactive ketones (excluding diaryl/α,β-unsaturated/α-hetero) is 1. The zero-order chi connectivity index (χ0) is 15.1. The monoisotopic (exact) mass is 284 g/mol. The maximum Gasteiger partial charge on any atom is 0.344 e. The Bertz CT molecular complexity index is 937. The molecule has 1 aromatic heterocycles. The first-order chi connectivity index (χ1) is 10.0. The highest BCUT2D eigenvalue weighted by atomic mass is 16.5. The van der Waals surface area contributed by atoms with Crippen LogP contribution in [0.25, 0.3) is 21.7 Å². The number of rotatable bonds is 2. The molecule has 3 rings (SSSR count). The van der Waals surface area contributed by atoms with E-state index >= 15 is 0 Å². The number of benzene rings is 2. The van der Waals surface area contributed by atoms with Crippen LogP contribution in [-0.4, -0.2) is 18.0 Å². The highest BCUT2D eigenvalue weighted by Gasteiger charge is 2.19. The smallest absolute Gasteiger partial charge is 0.344 e. The molecule has 0 bridgehead atoms. The van der Waals surface area contributed by atoms with E-state index in [0.717, 1.165) is 0 Å². The van der Waals surface area contributed by atoms with Gasteiger partial charge >= 0.3 is 5.63 Å². The fourth-order valence-corrected chi connectivity index (χ4v) is 2.51. The van der Waals surface area contributed by atoms with Gasteiger partial charge in [-0.25, -0.2) is 4.79 Å². The van der Waals surface area contributed by atoms with E-state index in [1.807, 2.05) is 0 Å². The number of fused-ring (bicyclic) bond motifs is 3. The van der Waals surface area contributed by atoms with Crippen molar-refractivity contribution in [3.63, 3.8) is 0 Å². The molecule has 0 unspecified atom stereocenters. The van der Waals surface area contributed by atoms with Gasteiger partial charge in [0.25, 0.3) is 0 Å². The van der Waals surface area contributed by atoms with Gasteiger partial charge in [-0.15, -0.1) is 0 Å². The van der Waals surface area contributed by atoms with Crippen LogP contribution in [0.15, 0.2) is 39.5 Å². The van der Waals surface area contributed by atoms with Gasteiger partial charge in [0.15, 0.2) is 11.4 Å². The Kier molecular flexibility index (Phi) is 2.90. The van der Waals surface area contributed by atoms with Gasteiger partial charge in [-0.1, -0.05) is 6.07 Å². The minimum atomic E-state index is -0.579. The Morgan fingerprint density at radius 3 is 2.62 bits per heavy atom. The molecule has 0 aliphatic carbocycles. The number of phenolic OH excluding ortho intramolecular Hbond substituents is 1. The summed E-state index contributed by atoms with van der Waals surface area (Å²) in [5.74, 6) is -0.0894. The van der Waals surface area contributed by atoms with Crippen molar-refractivity contribution in [2.75, 3.05) is 7.11 Å². The maximum absolute atomic E-state index is 12.1. The minimum absolute atomic E-state index is 0.00240. The van der Waals surface area contributed by atoms with E-state index < -0.39 is 5.63 Å². The summed E-state index contributed by atoms with van der Waals surface area (Å²) in [6, 6.07) is 8.05. The number of ketones is 1. The molecule has 1 N–H and O–H groups in total. The maximum atomic E-state index is 12.1. The quantitative estimate of drug-likeness (QED) is 0.445. The van der Waals surface area contributed by atoms with Crippen LogP contribution in [0.3, 0.4) is 0 Å². The van der Waals surface area contributed by atoms with Crippen LogP contribution < -0.4 is 10.4 Å². The third-order valence-electron chi connectivity index (χ3n) is 3.42. The summed E-state index contributed by atoms with van der Waals surface area (Å²) in [5, 5.41) is 11.3. The number of aromatic hydroxyl groups is 1. The Morgan fingerprint density at radius 1 is 1.19 bits per heavy atom. The van der Waals surface area contributed by atoms with Crippen LogP contribution in [0, 0.1) is 0 Å². The van der Waals surface area contributed by atoms with Crippen LogP contribution in [-0.2, 0) is 0 Å². The molecule has 0 atom stereocenters. The molecule has 5 heteroatoms. The second kappa shape index (κ2) is 4.63. The Balaban J connectivity index is 2.65. The predicted molar refractivity (Wildman–Crippen MR) is 78.2 cm³/mol. The number of carbonyl (C=O) groups is 1. The van der Waals surface area contributed by atoms with E-state index in [2.05, 4.69) is 0 Å². The predicted octanol–water partition coefficient (Wildman–Crippen LogP) is 2.86. The molecule has 106 valence electrons. The van der Waals surface area contributed by atoms with Gasteiger partial charge in [0.2, 0.25) is 0 Å². The summed E-state index contributed by atoms with van der Waals surface area (Å²) in [7, 11) is 1.50. The Morgan fingerprint density at radius 2 is 1.95 bits per heavy atom.